The van der Waals surface area contributed by atoms with Crippen molar-refractivity contribution in [2.24, 2.45) is 0 Å². The van der Waals surface area contributed by atoms with E-state index in [1.807, 2.05) is 54.6 Å². The molecule has 2 aromatic rings. The molecule has 4 rings (SSSR count). The Morgan fingerprint density at radius 1 is 1.00 bits per heavy atom. The van der Waals surface area contributed by atoms with E-state index in [0.717, 1.165) is 12.0 Å². The molecule has 3 nitrogen and oxygen atoms in total. The van der Waals surface area contributed by atoms with Crippen LogP contribution in [0.4, 0.5) is 8.78 Å². The van der Waals surface area contributed by atoms with Crippen molar-refractivity contribution in [3.8, 4) is 0 Å². The molecule has 2 saturated carbocycles. The van der Waals surface area contributed by atoms with Gasteiger partial charge < -0.3 is 10.6 Å². The fourth-order valence-electron chi connectivity index (χ4n) is 4.02. The molecule has 0 bridgehead atoms. The number of carbonyl (C=O) groups excluding carboxylic acids is 1. The van der Waals surface area contributed by atoms with Crippen LogP contribution >= 0.6 is 0 Å². The highest BCUT2D eigenvalue weighted by atomic mass is 19.3. The highest BCUT2D eigenvalue weighted by molar-refractivity contribution is 5.94. The largest absolute Gasteiger partial charge is 0.348 e. The summed E-state index contributed by atoms with van der Waals surface area (Å²) in [6, 6.07) is 18.2. The normalized spacial score (nSPS) is 23.9. The van der Waals surface area contributed by atoms with Crippen molar-refractivity contribution in [1.29, 1.82) is 0 Å². The molecule has 2 aliphatic rings. The molecule has 28 heavy (non-hydrogen) atoms. The second kappa shape index (κ2) is 8.00. The van der Waals surface area contributed by atoms with Gasteiger partial charge in [-0.3, -0.25) is 4.79 Å². The molecule has 2 aliphatic carbocycles. The monoisotopic (exact) mass is 384 g/mol. The van der Waals surface area contributed by atoms with E-state index in [2.05, 4.69) is 10.6 Å². The molecule has 2 unspecified atom stereocenters. The Morgan fingerprint density at radius 3 is 2.36 bits per heavy atom. The van der Waals surface area contributed by atoms with Crippen molar-refractivity contribution in [2.75, 3.05) is 0 Å². The molecule has 0 spiro atoms. The Bertz CT molecular complexity index is 797. The molecule has 2 aromatic carbocycles. The molecule has 0 radical (unpaired) electrons. The van der Waals surface area contributed by atoms with Gasteiger partial charge in [0.1, 0.15) is 0 Å². The Balaban J connectivity index is 1.25. The molecular weight excluding hydrogens is 358 g/mol. The summed E-state index contributed by atoms with van der Waals surface area (Å²) in [5.41, 5.74) is 2.93. The molecule has 5 heteroatoms. The SMILES string of the molecule is O=C(NCc1ccccc1)c1ccc(C2CC2NC2CCC(F)(F)CC2)cc1. The van der Waals surface area contributed by atoms with Crippen LogP contribution in [0.5, 0.6) is 0 Å². The number of nitrogens with one attached hydrogen (secondary N) is 2. The highest BCUT2D eigenvalue weighted by Crippen LogP contribution is 2.42. The highest BCUT2D eigenvalue weighted by Gasteiger charge is 2.42. The summed E-state index contributed by atoms with van der Waals surface area (Å²) in [4.78, 5) is 12.3. The average Bonchev–Trinajstić information content (AvgIpc) is 3.48. The van der Waals surface area contributed by atoms with Crippen molar-refractivity contribution >= 4 is 5.91 Å². The van der Waals surface area contributed by atoms with Gasteiger partial charge in [-0.2, -0.15) is 0 Å². The standard InChI is InChI=1S/C23H26F2N2O/c24-23(25)12-10-19(11-13-23)27-21-14-20(21)17-6-8-18(9-7-17)22(28)26-15-16-4-2-1-3-5-16/h1-9,19-21,27H,10-15H2,(H,26,28). The van der Waals surface area contributed by atoms with Gasteiger partial charge in [0, 0.05) is 43.0 Å². The minimum Gasteiger partial charge on any atom is -0.348 e. The number of hydrogen-bond acceptors (Lipinski definition) is 2. The molecule has 0 aliphatic heterocycles. The summed E-state index contributed by atoms with van der Waals surface area (Å²) >= 11 is 0. The molecule has 0 heterocycles. The van der Waals surface area contributed by atoms with E-state index in [1.54, 1.807) is 0 Å². The summed E-state index contributed by atoms with van der Waals surface area (Å²) in [6.07, 6.45) is 2.13. The maximum absolute atomic E-state index is 13.3. The summed E-state index contributed by atoms with van der Waals surface area (Å²) in [6.45, 7) is 0.510. The zero-order valence-electron chi connectivity index (χ0n) is 15.8. The number of halogens is 2. The first-order chi connectivity index (χ1) is 13.5. The van der Waals surface area contributed by atoms with E-state index in [-0.39, 0.29) is 24.8 Å². The molecule has 148 valence electrons. The average molecular weight is 384 g/mol. The first kappa shape index (κ1) is 19.1. The number of carbonyl (C=O) groups is 1. The van der Waals surface area contributed by atoms with Gasteiger partial charge in [-0.05, 0) is 42.5 Å². The molecule has 2 fully saturated rings. The first-order valence-electron chi connectivity index (χ1n) is 10.1. The van der Waals surface area contributed by atoms with E-state index >= 15 is 0 Å². The Labute approximate surface area is 164 Å². The molecule has 0 aromatic heterocycles. The predicted molar refractivity (Wildman–Crippen MR) is 106 cm³/mol. The van der Waals surface area contributed by atoms with Crippen molar-refractivity contribution < 1.29 is 13.6 Å². The van der Waals surface area contributed by atoms with Gasteiger partial charge in [-0.25, -0.2) is 8.78 Å². The van der Waals surface area contributed by atoms with Crippen LogP contribution in [-0.4, -0.2) is 23.9 Å². The quantitative estimate of drug-likeness (QED) is 0.762. The van der Waals surface area contributed by atoms with Crippen LogP contribution in [0.3, 0.4) is 0 Å². The second-order valence-corrected chi connectivity index (χ2v) is 8.04. The second-order valence-electron chi connectivity index (χ2n) is 8.04. The van der Waals surface area contributed by atoms with Gasteiger partial charge in [-0.1, -0.05) is 42.5 Å². The third-order valence-corrected chi connectivity index (χ3v) is 5.85. The fraction of sp³-hybridized carbons (Fsp3) is 0.435. The zero-order valence-corrected chi connectivity index (χ0v) is 15.8. The summed E-state index contributed by atoms with van der Waals surface area (Å²) in [5, 5.41) is 6.48. The van der Waals surface area contributed by atoms with Crippen molar-refractivity contribution in [3.63, 3.8) is 0 Å². The van der Waals surface area contributed by atoms with E-state index in [0.29, 0.717) is 36.9 Å². The molecule has 1 amide bonds. The van der Waals surface area contributed by atoms with E-state index in [1.165, 1.54) is 5.56 Å². The lowest BCUT2D eigenvalue weighted by Gasteiger charge is -2.29. The molecular formula is C23H26F2N2O. The first-order valence-corrected chi connectivity index (χ1v) is 10.1. The summed E-state index contributed by atoms with van der Waals surface area (Å²) in [5.74, 6) is -2.13. The van der Waals surface area contributed by atoms with Crippen LogP contribution < -0.4 is 10.6 Å². The molecule has 2 N–H and O–H groups in total. The van der Waals surface area contributed by atoms with E-state index in [4.69, 9.17) is 0 Å². The zero-order chi connectivity index (χ0) is 19.6. The molecule has 0 saturated heterocycles. The van der Waals surface area contributed by atoms with Crippen molar-refractivity contribution in [2.45, 2.75) is 62.6 Å². The van der Waals surface area contributed by atoms with Gasteiger partial charge >= 0.3 is 0 Å². The van der Waals surface area contributed by atoms with Crippen LogP contribution in [0.2, 0.25) is 0 Å². The topological polar surface area (TPSA) is 41.1 Å². The van der Waals surface area contributed by atoms with Crippen LogP contribution in [0.15, 0.2) is 54.6 Å². The third-order valence-electron chi connectivity index (χ3n) is 5.85. The van der Waals surface area contributed by atoms with E-state index < -0.39 is 5.92 Å². The Kier molecular flexibility index (Phi) is 5.44. The lowest BCUT2D eigenvalue weighted by molar-refractivity contribution is -0.0405. The van der Waals surface area contributed by atoms with Gasteiger partial charge in [0.05, 0.1) is 0 Å². The number of amides is 1. The number of hydrogen-bond donors (Lipinski definition) is 2. The number of benzene rings is 2. The fourth-order valence-corrected chi connectivity index (χ4v) is 4.02. The maximum Gasteiger partial charge on any atom is 0.251 e. The molecule has 2 atom stereocenters. The number of alkyl halides is 2. The van der Waals surface area contributed by atoms with Gasteiger partial charge in [0.15, 0.2) is 0 Å². The summed E-state index contributed by atoms with van der Waals surface area (Å²) in [7, 11) is 0. The van der Waals surface area contributed by atoms with Crippen LogP contribution in [0, 0.1) is 0 Å². The minimum atomic E-state index is -2.47. The maximum atomic E-state index is 13.3. The van der Waals surface area contributed by atoms with Crippen molar-refractivity contribution in [1.82, 2.24) is 10.6 Å². The van der Waals surface area contributed by atoms with Gasteiger partial charge in [-0.15, -0.1) is 0 Å². The van der Waals surface area contributed by atoms with Crippen LogP contribution in [-0.2, 0) is 6.54 Å². The predicted octanol–water partition coefficient (Wildman–Crippen LogP) is 4.64. The Hall–Kier alpha value is -2.27. The lowest BCUT2D eigenvalue weighted by Crippen LogP contribution is -2.38. The lowest BCUT2D eigenvalue weighted by atomic mass is 9.92. The number of rotatable bonds is 6. The van der Waals surface area contributed by atoms with Gasteiger partial charge in [0.25, 0.3) is 5.91 Å². The van der Waals surface area contributed by atoms with Crippen molar-refractivity contribution in [3.05, 3.63) is 71.3 Å². The van der Waals surface area contributed by atoms with Gasteiger partial charge in [0.2, 0.25) is 5.92 Å². The van der Waals surface area contributed by atoms with Crippen LogP contribution in [0.25, 0.3) is 0 Å². The summed E-state index contributed by atoms with van der Waals surface area (Å²) < 4.78 is 26.5. The van der Waals surface area contributed by atoms with Crippen LogP contribution in [0.1, 0.15) is 59.5 Å². The third kappa shape index (κ3) is 4.76. The minimum absolute atomic E-state index is 0.00512. The Morgan fingerprint density at radius 2 is 1.68 bits per heavy atom. The smallest absolute Gasteiger partial charge is 0.251 e. The van der Waals surface area contributed by atoms with E-state index in [9.17, 15) is 13.6 Å².